The van der Waals surface area contributed by atoms with Crippen LogP contribution < -0.4 is 5.32 Å². The molecule has 7 nitrogen and oxygen atoms in total. The fraction of sp³-hybridized carbons (Fsp3) is 0.182. The van der Waals surface area contributed by atoms with Crippen LogP contribution in [0.25, 0.3) is 5.57 Å². The van der Waals surface area contributed by atoms with E-state index in [9.17, 15) is 23.5 Å². The van der Waals surface area contributed by atoms with Gasteiger partial charge in [-0.15, -0.1) is 5.10 Å². The van der Waals surface area contributed by atoms with Crippen molar-refractivity contribution in [2.24, 2.45) is 5.92 Å². The quantitative estimate of drug-likeness (QED) is 0.655. The van der Waals surface area contributed by atoms with Crippen LogP contribution in [-0.2, 0) is 13.0 Å². The number of aliphatic hydroxyl groups excluding tert-OH is 1. The van der Waals surface area contributed by atoms with Crippen LogP contribution >= 0.6 is 0 Å². The number of fused-ring (bicyclic) bond motifs is 1. The Bertz CT molecular complexity index is 1200. The maximum Gasteiger partial charge on any atom is 0.291 e. The smallest absolute Gasteiger partial charge is 0.291 e. The summed E-state index contributed by atoms with van der Waals surface area (Å²) in [7, 11) is 0. The van der Waals surface area contributed by atoms with Crippen molar-refractivity contribution >= 4 is 17.4 Å². The molecule has 2 aromatic carbocycles. The summed E-state index contributed by atoms with van der Waals surface area (Å²) in [5.74, 6) is -4.67. The zero-order chi connectivity index (χ0) is 22.1. The maximum absolute atomic E-state index is 13.5. The lowest BCUT2D eigenvalue weighted by Crippen LogP contribution is -2.32. The monoisotopic (exact) mass is 424 g/mol. The summed E-state index contributed by atoms with van der Waals surface area (Å²) >= 11 is 0. The predicted octanol–water partition coefficient (Wildman–Crippen LogP) is 3.29. The van der Waals surface area contributed by atoms with Crippen LogP contribution in [0.5, 0.6) is 0 Å². The molecule has 0 bridgehead atoms. The Balaban J connectivity index is 1.56. The van der Waals surface area contributed by atoms with Gasteiger partial charge in [0.15, 0.2) is 17.5 Å². The zero-order valence-electron chi connectivity index (χ0n) is 16.5. The Labute approximate surface area is 176 Å². The molecule has 1 unspecified atom stereocenters. The molecule has 1 amide bonds. The Kier molecular flexibility index (Phi) is 5.33. The van der Waals surface area contributed by atoms with Gasteiger partial charge in [0.1, 0.15) is 11.7 Å². The summed E-state index contributed by atoms with van der Waals surface area (Å²) in [5, 5.41) is 17.2. The van der Waals surface area contributed by atoms with E-state index in [1.165, 1.54) is 6.07 Å². The third-order valence-corrected chi connectivity index (χ3v) is 5.09. The van der Waals surface area contributed by atoms with Gasteiger partial charge in [0.25, 0.3) is 11.8 Å². The number of rotatable bonds is 5. The van der Waals surface area contributed by atoms with Gasteiger partial charge in [-0.2, -0.15) is 4.68 Å². The highest BCUT2D eigenvalue weighted by Gasteiger charge is 2.36. The van der Waals surface area contributed by atoms with Crippen molar-refractivity contribution in [1.29, 1.82) is 0 Å². The SMILES string of the molecule is CC1=C(O)C(Cc2ccc(F)c(F)c2)C(=O)n2nc(C(=O)NCc3ccccc3)nc21. The maximum atomic E-state index is 13.5. The van der Waals surface area contributed by atoms with Gasteiger partial charge in [0, 0.05) is 12.1 Å². The van der Waals surface area contributed by atoms with Crippen LogP contribution in [0.2, 0.25) is 0 Å². The second kappa shape index (κ2) is 8.10. The molecule has 1 atom stereocenters. The number of nitrogens with one attached hydrogen (secondary N) is 1. The standard InChI is InChI=1S/C22H18F2N4O3/c1-12-18(29)15(9-14-7-8-16(23)17(24)10-14)22(31)28-20(12)26-19(27-28)21(30)25-11-13-5-3-2-4-6-13/h2-8,10,15,29H,9,11H2,1H3,(H,25,30). The molecule has 0 spiro atoms. The molecule has 0 saturated heterocycles. The van der Waals surface area contributed by atoms with Crippen LogP contribution in [0, 0.1) is 17.6 Å². The normalized spacial score (nSPS) is 15.7. The van der Waals surface area contributed by atoms with E-state index in [1.54, 1.807) is 6.92 Å². The highest BCUT2D eigenvalue weighted by molar-refractivity contribution is 5.94. The molecule has 0 fully saturated rings. The van der Waals surface area contributed by atoms with Crippen LogP contribution in [0.4, 0.5) is 8.78 Å². The molecular weight excluding hydrogens is 406 g/mol. The number of aromatic nitrogens is 3. The van der Waals surface area contributed by atoms with Gasteiger partial charge in [-0.3, -0.25) is 9.59 Å². The second-order valence-corrected chi connectivity index (χ2v) is 7.19. The first kappa shape index (κ1) is 20.4. The van der Waals surface area contributed by atoms with E-state index in [0.29, 0.717) is 5.56 Å². The molecule has 0 aliphatic carbocycles. The molecule has 1 aliphatic heterocycles. The zero-order valence-corrected chi connectivity index (χ0v) is 16.5. The van der Waals surface area contributed by atoms with Gasteiger partial charge in [-0.1, -0.05) is 36.4 Å². The Morgan fingerprint density at radius 3 is 2.58 bits per heavy atom. The van der Waals surface area contributed by atoms with Crippen LogP contribution in [0.3, 0.4) is 0 Å². The van der Waals surface area contributed by atoms with E-state index in [4.69, 9.17) is 0 Å². The number of halogens is 2. The molecule has 31 heavy (non-hydrogen) atoms. The number of nitrogens with zero attached hydrogens (tertiary/aromatic N) is 3. The third kappa shape index (κ3) is 3.94. The molecule has 2 heterocycles. The minimum atomic E-state index is -1.06. The Hall–Kier alpha value is -3.88. The number of amides is 1. The van der Waals surface area contributed by atoms with Gasteiger partial charge >= 0.3 is 0 Å². The number of carbonyl (C=O) groups excluding carboxylic acids is 2. The van der Waals surface area contributed by atoms with Crippen LogP contribution in [0.1, 0.15) is 39.3 Å². The number of allylic oxidation sites excluding steroid dienone is 2. The Morgan fingerprint density at radius 1 is 1.13 bits per heavy atom. The summed E-state index contributed by atoms with van der Waals surface area (Å²) < 4.78 is 27.7. The van der Waals surface area contributed by atoms with E-state index >= 15 is 0 Å². The lowest BCUT2D eigenvalue weighted by molar-refractivity contribution is 0.0799. The Morgan fingerprint density at radius 2 is 1.87 bits per heavy atom. The van der Waals surface area contributed by atoms with Gasteiger partial charge < -0.3 is 10.4 Å². The van der Waals surface area contributed by atoms with Gasteiger partial charge in [-0.05, 0) is 36.6 Å². The molecule has 1 aliphatic rings. The minimum absolute atomic E-state index is 0.0615. The average molecular weight is 424 g/mol. The van der Waals surface area contributed by atoms with E-state index < -0.39 is 29.4 Å². The van der Waals surface area contributed by atoms with Gasteiger partial charge in [0.05, 0.1) is 0 Å². The fourth-order valence-electron chi connectivity index (χ4n) is 3.39. The van der Waals surface area contributed by atoms with Gasteiger partial charge in [-0.25, -0.2) is 13.8 Å². The number of hydrogen-bond acceptors (Lipinski definition) is 5. The first-order valence-electron chi connectivity index (χ1n) is 9.52. The molecule has 0 saturated carbocycles. The lowest BCUT2D eigenvalue weighted by atomic mass is 9.92. The van der Waals surface area contributed by atoms with E-state index in [-0.39, 0.29) is 35.9 Å². The highest BCUT2D eigenvalue weighted by Crippen LogP contribution is 2.30. The van der Waals surface area contributed by atoms with Gasteiger partial charge in [0.2, 0.25) is 5.82 Å². The second-order valence-electron chi connectivity index (χ2n) is 7.19. The fourth-order valence-corrected chi connectivity index (χ4v) is 3.39. The van der Waals surface area contributed by atoms with E-state index in [2.05, 4.69) is 15.4 Å². The first-order valence-corrected chi connectivity index (χ1v) is 9.52. The van der Waals surface area contributed by atoms with Crippen molar-refractivity contribution in [3.63, 3.8) is 0 Å². The molecule has 2 N–H and O–H groups in total. The molecule has 0 radical (unpaired) electrons. The summed E-state index contributed by atoms with van der Waals surface area (Å²) in [6.45, 7) is 1.81. The molecule has 3 aromatic rings. The number of aliphatic hydroxyl groups is 1. The summed E-state index contributed by atoms with van der Waals surface area (Å²) in [5.41, 5.74) is 1.50. The minimum Gasteiger partial charge on any atom is -0.511 e. The number of benzene rings is 2. The predicted molar refractivity (Wildman–Crippen MR) is 107 cm³/mol. The third-order valence-electron chi connectivity index (χ3n) is 5.09. The molecule has 4 rings (SSSR count). The number of hydrogen-bond donors (Lipinski definition) is 2. The van der Waals surface area contributed by atoms with Crippen LogP contribution in [-0.4, -0.2) is 31.7 Å². The van der Waals surface area contributed by atoms with Crippen molar-refractivity contribution in [3.05, 3.63) is 88.7 Å². The summed E-state index contributed by atoms with van der Waals surface area (Å²) in [6.07, 6.45) is -0.0615. The van der Waals surface area contributed by atoms with Crippen molar-refractivity contribution in [3.8, 4) is 0 Å². The average Bonchev–Trinajstić information content (AvgIpc) is 3.23. The summed E-state index contributed by atoms with van der Waals surface area (Å²) in [6, 6.07) is 12.5. The summed E-state index contributed by atoms with van der Waals surface area (Å²) in [4.78, 5) is 29.5. The molecular formula is C22H18F2N4O3. The molecule has 1 aromatic heterocycles. The van der Waals surface area contributed by atoms with E-state index in [0.717, 1.165) is 22.4 Å². The van der Waals surface area contributed by atoms with Crippen LogP contribution in [0.15, 0.2) is 54.3 Å². The van der Waals surface area contributed by atoms with E-state index in [1.807, 2.05) is 30.3 Å². The van der Waals surface area contributed by atoms with Crippen molar-refractivity contribution < 1.29 is 23.5 Å². The number of carbonyl (C=O) groups is 2. The van der Waals surface area contributed by atoms with Crippen molar-refractivity contribution in [2.75, 3.05) is 0 Å². The van der Waals surface area contributed by atoms with Crippen molar-refractivity contribution in [2.45, 2.75) is 19.9 Å². The first-order chi connectivity index (χ1) is 14.8. The molecule has 9 heteroatoms. The largest absolute Gasteiger partial charge is 0.511 e. The molecule has 158 valence electrons. The lowest BCUT2D eigenvalue weighted by Gasteiger charge is -2.22. The van der Waals surface area contributed by atoms with Crippen molar-refractivity contribution in [1.82, 2.24) is 20.1 Å². The topological polar surface area (TPSA) is 97.1 Å². The highest BCUT2D eigenvalue weighted by atomic mass is 19.2.